The van der Waals surface area contributed by atoms with Crippen LogP contribution < -0.4 is 10.5 Å². The van der Waals surface area contributed by atoms with Crippen molar-refractivity contribution in [3.05, 3.63) is 42.0 Å². The number of benzene rings is 2. The first-order valence-corrected chi connectivity index (χ1v) is 5.79. The van der Waals surface area contributed by atoms with Gasteiger partial charge in [-0.2, -0.15) is 8.78 Å². The van der Waals surface area contributed by atoms with Crippen molar-refractivity contribution < 1.29 is 13.5 Å². The van der Waals surface area contributed by atoms with Crippen LogP contribution in [0.1, 0.15) is 12.5 Å². The van der Waals surface area contributed by atoms with Gasteiger partial charge in [0.15, 0.2) is 0 Å². The molecule has 0 aliphatic rings. The highest BCUT2D eigenvalue weighted by atomic mass is 19.3. The molecule has 0 amide bonds. The van der Waals surface area contributed by atoms with E-state index in [2.05, 4.69) is 4.74 Å². The van der Waals surface area contributed by atoms with Crippen LogP contribution in [0.15, 0.2) is 36.4 Å². The molecule has 18 heavy (non-hydrogen) atoms. The lowest BCUT2D eigenvalue weighted by molar-refractivity contribution is -0.0503. The molecule has 1 unspecified atom stereocenters. The second-order valence-electron chi connectivity index (χ2n) is 4.32. The summed E-state index contributed by atoms with van der Waals surface area (Å²) < 4.78 is 29.3. The number of alkyl halides is 2. The Balaban J connectivity index is 2.55. The SMILES string of the molecule is CC(N)Cc1c(OC(F)F)ccc2ccccc12. The van der Waals surface area contributed by atoms with Gasteiger partial charge in [0.1, 0.15) is 5.75 Å². The lowest BCUT2D eigenvalue weighted by Crippen LogP contribution is -2.19. The van der Waals surface area contributed by atoms with Crippen LogP contribution in [0.25, 0.3) is 10.8 Å². The molecule has 0 aliphatic carbocycles. The standard InChI is InChI=1S/C14H15F2NO/c1-9(17)8-12-11-5-3-2-4-10(11)6-7-13(12)18-14(15)16/h2-7,9,14H,8,17H2,1H3. The van der Waals surface area contributed by atoms with E-state index in [1.807, 2.05) is 31.2 Å². The van der Waals surface area contributed by atoms with Gasteiger partial charge in [-0.05, 0) is 30.2 Å². The normalized spacial score (nSPS) is 12.9. The van der Waals surface area contributed by atoms with Gasteiger partial charge in [-0.3, -0.25) is 0 Å². The Morgan fingerprint density at radius 3 is 2.56 bits per heavy atom. The van der Waals surface area contributed by atoms with Crippen molar-refractivity contribution in [3.63, 3.8) is 0 Å². The number of fused-ring (bicyclic) bond motifs is 1. The van der Waals surface area contributed by atoms with Crippen LogP contribution in [-0.2, 0) is 6.42 Å². The lowest BCUT2D eigenvalue weighted by atomic mass is 9.98. The van der Waals surface area contributed by atoms with Crippen LogP contribution in [0.2, 0.25) is 0 Å². The van der Waals surface area contributed by atoms with Crippen molar-refractivity contribution in [3.8, 4) is 5.75 Å². The molecule has 2 aromatic carbocycles. The Bertz CT molecular complexity index is 540. The molecule has 2 nitrogen and oxygen atoms in total. The minimum absolute atomic E-state index is 0.115. The van der Waals surface area contributed by atoms with Gasteiger partial charge in [0, 0.05) is 11.6 Å². The molecule has 0 saturated heterocycles. The summed E-state index contributed by atoms with van der Waals surface area (Å²) in [6, 6.07) is 10.8. The zero-order chi connectivity index (χ0) is 13.1. The van der Waals surface area contributed by atoms with E-state index in [-0.39, 0.29) is 11.8 Å². The van der Waals surface area contributed by atoms with E-state index in [1.165, 1.54) is 0 Å². The number of rotatable bonds is 4. The third kappa shape index (κ3) is 2.76. The van der Waals surface area contributed by atoms with E-state index in [0.29, 0.717) is 6.42 Å². The molecule has 2 rings (SSSR count). The van der Waals surface area contributed by atoms with Crippen molar-refractivity contribution in [1.29, 1.82) is 0 Å². The molecule has 0 bridgehead atoms. The van der Waals surface area contributed by atoms with Gasteiger partial charge in [0.05, 0.1) is 0 Å². The van der Waals surface area contributed by atoms with Crippen LogP contribution in [0, 0.1) is 0 Å². The summed E-state index contributed by atoms with van der Waals surface area (Å²) in [7, 11) is 0. The fourth-order valence-corrected chi connectivity index (χ4v) is 2.05. The fraction of sp³-hybridized carbons (Fsp3) is 0.286. The maximum atomic E-state index is 12.4. The van der Waals surface area contributed by atoms with E-state index in [1.54, 1.807) is 12.1 Å². The molecule has 0 aromatic heterocycles. The van der Waals surface area contributed by atoms with Gasteiger partial charge in [-0.1, -0.05) is 30.3 Å². The molecule has 0 spiro atoms. The Labute approximate surface area is 104 Å². The fourth-order valence-electron chi connectivity index (χ4n) is 2.05. The monoisotopic (exact) mass is 251 g/mol. The minimum Gasteiger partial charge on any atom is -0.435 e. The summed E-state index contributed by atoms with van der Waals surface area (Å²) >= 11 is 0. The highest BCUT2D eigenvalue weighted by molar-refractivity contribution is 5.87. The Kier molecular flexibility index (Phi) is 3.77. The molecule has 2 N–H and O–H groups in total. The van der Waals surface area contributed by atoms with Crippen molar-refractivity contribution in [2.75, 3.05) is 0 Å². The molecule has 2 aromatic rings. The molecule has 4 heteroatoms. The van der Waals surface area contributed by atoms with Crippen LogP contribution in [0.3, 0.4) is 0 Å². The summed E-state index contributed by atoms with van der Waals surface area (Å²) in [6.07, 6.45) is 0.503. The largest absolute Gasteiger partial charge is 0.435 e. The molecule has 0 radical (unpaired) electrons. The summed E-state index contributed by atoms with van der Waals surface area (Å²) in [5, 5.41) is 1.91. The highest BCUT2D eigenvalue weighted by Gasteiger charge is 2.13. The minimum atomic E-state index is -2.82. The summed E-state index contributed by atoms with van der Waals surface area (Å²) in [4.78, 5) is 0. The number of halogens is 2. The first kappa shape index (κ1) is 12.8. The zero-order valence-corrected chi connectivity index (χ0v) is 10.1. The lowest BCUT2D eigenvalue weighted by Gasteiger charge is -2.15. The first-order chi connectivity index (χ1) is 8.58. The van der Waals surface area contributed by atoms with Crippen LogP contribution in [0.4, 0.5) is 8.78 Å². The van der Waals surface area contributed by atoms with Crippen molar-refractivity contribution in [2.24, 2.45) is 5.73 Å². The Morgan fingerprint density at radius 1 is 1.17 bits per heavy atom. The van der Waals surface area contributed by atoms with Crippen molar-refractivity contribution in [1.82, 2.24) is 0 Å². The van der Waals surface area contributed by atoms with E-state index in [0.717, 1.165) is 16.3 Å². The van der Waals surface area contributed by atoms with E-state index < -0.39 is 6.61 Å². The first-order valence-electron chi connectivity index (χ1n) is 5.79. The third-order valence-corrected chi connectivity index (χ3v) is 2.74. The van der Waals surface area contributed by atoms with Crippen LogP contribution in [-0.4, -0.2) is 12.7 Å². The van der Waals surface area contributed by atoms with E-state index in [9.17, 15) is 8.78 Å². The topological polar surface area (TPSA) is 35.2 Å². The third-order valence-electron chi connectivity index (χ3n) is 2.74. The molecule has 1 atom stereocenters. The molecule has 0 aliphatic heterocycles. The molecular weight excluding hydrogens is 236 g/mol. The van der Waals surface area contributed by atoms with Gasteiger partial charge < -0.3 is 10.5 Å². The second kappa shape index (κ2) is 5.31. The average Bonchev–Trinajstić information content (AvgIpc) is 2.31. The predicted molar refractivity (Wildman–Crippen MR) is 67.9 cm³/mol. The second-order valence-corrected chi connectivity index (χ2v) is 4.32. The van der Waals surface area contributed by atoms with E-state index >= 15 is 0 Å². The number of nitrogens with two attached hydrogens (primary N) is 1. The maximum Gasteiger partial charge on any atom is 0.387 e. The number of hydrogen-bond donors (Lipinski definition) is 1. The van der Waals surface area contributed by atoms with Crippen molar-refractivity contribution >= 4 is 10.8 Å². The quantitative estimate of drug-likeness (QED) is 0.904. The Morgan fingerprint density at radius 2 is 1.89 bits per heavy atom. The average molecular weight is 251 g/mol. The predicted octanol–water partition coefficient (Wildman–Crippen LogP) is 3.33. The summed E-state index contributed by atoms with van der Waals surface area (Å²) in [5.74, 6) is 0.209. The molecule has 0 fully saturated rings. The zero-order valence-electron chi connectivity index (χ0n) is 10.1. The van der Waals surface area contributed by atoms with E-state index in [4.69, 9.17) is 5.73 Å². The molecule has 0 heterocycles. The van der Waals surface area contributed by atoms with Gasteiger partial charge in [0.25, 0.3) is 0 Å². The van der Waals surface area contributed by atoms with Crippen LogP contribution in [0.5, 0.6) is 5.75 Å². The maximum absolute atomic E-state index is 12.4. The summed E-state index contributed by atoms with van der Waals surface area (Å²) in [5.41, 5.74) is 6.51. The molecular formula is C14H15F2NO. The number of hydrogen-bond acceptors (Lipinski definition) is 2. The van der Waals surface area contributed by atoms with Crippen molar-refractivity contribution in [2.45, 2.75) is 26.0 Å². The van der Waals surface area contributed by atoms with Gasteiger partial charge in [0.2, 0.25) is 0 Å². The van der Waals surface area contributed by atoms with Gasteiger partial charge in [-0.15, -0.1) is 0 Å². The number of ether oxygens (including phenoxy) is 1. The van der Waals surface area contributed by atoms with Crippen LogP contribution >= 0.6 is 0 Å². The Hall–Kier alpha value is -1.68. The highest BCUT2D eigenvalue weighted by Crippen LogP contribution is 2.30. The van der Waals surface area contributed by atoms with Gasteiger partial charge in [-0.25, -0.2) is 0 Å². The van der Waals surface area contributed by atoms with Gasteiger partial charge >= 0.3 is 6.61 Å². The molecule has 0 saturated carbocycles. The molecule has 96 valence electrons. The summed E-state index contributed by atoms with van der Waals surface area (Å²) in [6.45, 7) is -0.980. The smallest absolute Gasteiger partial charge is 0.387 e.